The van der Waals surface area contributed by atoms with E-state index in [1.165, 1.54) is 27.2 Å². The van der Waals surface area contributed by atoms with Gasteiger partial charge in [0.05, 0.1) is 24.2 Å². The monoisotopic (exact) mass is 337 g/mol. The highest BCUT2D eigenvalue weighted by Gasteiger charge is 2.29. The van der Waals surface area contributed by atoms with Crippen LogP contribution in [0.3, 0.4) is 0 Å². The Morgan fingerprint density at radius 3 is 2.68 bits per heavy atom. The molecule has 4 nitrogen and oxygen atoms in total. The lowest BCUT2D eigenvalue weighted by Gasteiger charge is -2.32. The van der Waals surface area contributed by atoms with Gasteiger partial charge in [-0.1, -0.05) is 30.3 Å². The summed E-state index contributed by atoms with van der Waals surface area (Å²) in [5.74, 6) is 0. The van der Waals surface area contributed by atoms with Crippen LogP contribution in [0.25, 0.3) is 0 Å². The van der Waals surface area contributed by atoms with Gasteiger partial charge in [-0.15, -0.1) is 11.3 Å². The van der Waals surface area contributed by atoms with Crippen LogP contribution in [0.4, 0.5) is 0 Å². The maximum Gasteiger partial charge on any atom is 0.208 e. The van der Waals surface area contributed by atoms with E-state index >= 15 is 0 Å². The van der Waals surface area contributed by atoms with Gasteiger partial charge in [-0.2, -0.15) is 0 Å². The van der Waals surface area contributed by atoms with Gasteiger partial charge in [0.25, 0.3) is 0 Å². The van der Waals surface area contributed by atoms with Gasteiger partial charge in [-0.3, -0.25) is 0 Å². The first-order chi connectivity index (χ1) is 10.5. The van der Waals surface area contributed by atoms with E-state index in [9.17, 15) is 8.42 Å². The topological polar surface area (TPSA) is 50.6 Å². The molecule has 0 fully saturated rings. The van der Waals surface area contributed by atoms with Crippen molar-refractivity contribution in [2.45, 2.75) is 19.0 Å². The van der Waals surface area contributed by atoms with Crippen LogP contribution in [0.2, 0.25) is 0 Å². The maximum absolute atomic E-state index is 11.5. The smallest absolute Gasteiger partial charge is 0.208 e. The van der Waals surface area contributed by atoms with Crippen molar-refractivity contribution in [1.29, 1.82) is 0 Å². The molecule has 0 radical (unpaired) electrons. The van der Waals surface area contributed by atoms with Gasteiger partial charge >= 0.3 is 0 Å². The largest absolute Gasteiger partial charge is 0.323 e. The summed E-state index contributed by atoms with van der Waals surface area (Å²) < 4.78 is 25.6. The average Bonchev–Trinajstić information content (AvgIpc) is 3.00. The molecule has 0 spiro atoms. The van der Waals surface area contributed by atoms with E-state index in [4.69, 9.17) is 0 Å². The van der Waals surface area contributed by atoms with Crippen molar-refractivity contribution in [3.63, 3.8) is 0 Å². The fraction of sp³-hybridized carbons (Fsp3) is 0.375. The molecule has 1 aromatic heterocycles. The molecule has 6 heteroatoms. The summed E-state index contributed by atoms with van der Waals surface area (Å²) in [4.78, 5) is 2.67. The minimum atomic E-state index is -3.17. The first-order valence-corrected chi connectivity index (χ1v) is 10.2. The van der Waals surface area contributed by atoms with Crippen LogP contribution in [-0.4, -0.2) is 27.8 Å². The molecule has 0 amide bonds. The number of hydrogen-bond acceptors (Lipinski definition) is 3. The molecule has 22 heavy (non-hydrogen) atoms. The second-order valence-electron chi connectivity index (χ2n) is 5.79. The lowest BCUT2D eigenvalue weighted by atomic mass is 9.98. The lowest BCUT2D eigenvalue weighted by molar-refractivity contribution is -0.945. The standard InChI is InChI=1S/C16H20N2O2S2/c1-22(19,20)17-11-15(16-7-4-10-21-16)18-9-8-13-5-2-3-6-14(13)12-18/h2-7,10,15,17H,8-9,11-12H2,1H3/p+1/t15-/m1/s1. The quantitative estimate of drug-likeness (QED) is 0.855. The number of nitrogens with one attached hydrogen (secondary N) is 2. The normalized spacial score (nSPS) is 19.6. The highest BCUT2D eigenvalue weighted by molar-refractivity contribution is 7.88. The molecule has 1 aromatic carbocycles. The third kappa shape index (κ3) is 3.76. The predicted octanol–water partition coefficient (Wildman–Crippen LogP) is 0.980. The van der Waals surface area contributed by atoms with Crippen molar-refractivity contribution in [2.24, 2.45) is 0 Å². The van der Waals surface area contributed by atoms with Gasteiger partial charge < -0.3 is 4.90 Å². The molecule has 1 aliphatic heterocycles. The molecule has 0 saturated carbocycles. The molecule has 1 aliphatic rings. The summed E-state index contributed by atoms with van der Waals surface area (Å²) in [6, 6.07) is 12.9. The molecule has 118 valence electrons. The minimum Gasteiger partial charge on any atom is -0.323 e. The van der Waals surface area contributed by atoms with Crippen LogP contribution in [0.15, 0.2) is 41.8 Å². The van der Waals surface area contributed by atoms with Crippen LogP contribution >= 0.6 is 11.3 Å². The number of thiophene rings is 1. The third-order valence-electron chi connectivity index (χ3n) is 4.18. The van der Waals surface area contributed by atoms with Gasteiger partial charge in [0, 0.05) is 12.0 Å². The van der Waals surface area contributed by atoms with E-state index in [0.29, 0.717) is 6.54 Å². The molecule has 0 aliphatic carbocycles. The molecule has 2 aromatic rings. The number of benzene rings is 1. The average molecular weight is 337 g/mol. The van der Waals surface area contributed by atoms with Crippen molar-refractivity contribution in [3.05, 3.63) is 57.8 Å². The third-order valence-corrected chi connectivity index (χ3v) is 5.86. The number of sulfonamides is 1. The summed E-state index contributed by atoms with van der Waals surface area (Å²) in [6.45, 7) is 2.44. The van der Waals surface area contributed by atoms with E-state index in [2.05, 4.69) is 40.4 Å². The van der Waals surface area contributed by atoms with Crippen LogP contribution < -0.4 is 9.62 Å². The number of hydrogen-bond donors (Lipinski definition) is 2. The van der Waals surface area contributed by atoms with E-state index in [1.807, 2.05) is 6.07 Å². The van der Waals surface area contributed by atoms with Crippen molar-refractivity contribution in [1.82, 2.24) is 4.72 Å². The molecular formula is C16H21N2O2S2+. The Balaban J connectivity index is 1.81. The van der Waals surface area contributed by atoms with E-state index in [1.54, 1.807) is 11.3 Å². The van der Waals surface area contributed by atoms with Gasteiger partial charge in [0.2, 0.25) is 10.0 Å². The van der Waals surface area contributed by atoms with Gasteiger partial charge in [0.15, 0.2) is 0 Å². The van der Waals surface area contributed by atoms with Gasteiger partial charge in [0.1, 0.15) is 12.6 Å². The lowest BCUT2D eigenvalue weighted by Crippen LogP contribution is -3.12. The highest BCUT2D eigenvalue weighted by Crippen LogP contribution is 2.19. The summed E-state index contributed by atoms with van der Waals surface area (Å²) in [7, 11) is -3.17. The number of fused-ring (bicyclic) bond motifs is 1. The Labute approximate surface area is 135 Å². The minimum absolute atomic E-state index is 0.170. The predicted molar refractivity (Wildman–Crippen MR) is 89.6 cm³/mol. The first-order valence-electron chi connectivity index (χ1n) is 7.42. The number of quaternary nitrogens is 1. The first kappa shape index (κ1) is 15.7. The highest BCUT2D eigenvalue weighted by atomic mass is 32.2. The molecule has 2 heterocycles. The van der Waals surface area contributed by atoms with Crippen molar-refractivity contribution >= 4 is 21.4 Å². The molecule has 3 rings (SSSR count). The molecule has 2 N–H and O–H groups in total. The zero-order valence-corrected chi connectivity index (χ0v) is 14.2. The van der Waals surface area contributed by atoms with E-state index < -0.39 is 10.0 Å². The molecule has 0 bridgehead atoms. The molecule has 1 unspecified atom stereocenters. The SMILES string of the molecule is CS(=O)(=O)NC[C@H](c1cccs1)[NH+]1CCc2ccccc2C1. The Morgan fingerprint density at radius 1 is 1.23 bits per heavy atom. The Kier molecular flexibility index (Phi) is 4.63. The van der Waals surface area contributed by atoms with Crippen molar-refractivity contribution < 1.29 is 13.3 Å². The van der Waals surface area contributed by atoms with Gasteiger partial charge in [-0.25, -0.2) is 13.1 Å². The summed E-state index contributed by atoms with van der Waals surface area (Å²) in [5, 5.41) is 2.06. The van der Waals surface area contributed by atoms with Crippen LogP contribution in [0.1, 0.15) is 22.0 Å². The van der Waals surface area contributed by atoms with Crippen LogP contribution in [0, 0.1) is 0 Å². The second-order valence-corrected chi connectivity index (χ2v) is 8.60. The Morgan fingerprint density at radius 2 is 2.00 bits per heavy atom. The molecule has 2 atom stereocenters. The summed E-state index contributed by atoms with van der Waals surface area (Å²) in [5.41, 5.74) is 2.80. The molecule has 0 saturated heterocycles. The second kappa shape index (κ2) is 6.50. The summed E-state index contributed by atoms with van der Waals surface area (Å²) in [6.07, 6.45) is 2.27. The fourth-order valence-corrected chi connectivity index (χ4v) is 4.42. The van der Waals surface area contributed by atoms with Crippen molar-refractivity contribution in [3.8, 4) is 0 Å². The van der Waals surface area contributed by atoms with E-state index in [-0.39, 0.29) is 6.04 Å². The molecular weight excluding hydrogens is 316 g/mol. The van der Waals surface area contributed by atoms with E-state index in [0.717, 1.165) is 19.5 Å². The maximum atomic E-state index is 11.5. The van der Waals surface area contributed by atoms with Crippen LogP contribution in [-0.2, 0) is 23.0 Å². The number of rotatable bonds is 5. The zero-order chi connectivity index (χ0) is 15.6. The Bertz CT molecular complexity index is 726. The van der Waals surface area contributed by atoms with Gasteiger partial charge in [-0.05, 0) is 17.0 Å². The summed E-state index contributed by atoms with van der Waals surface area (Å²) >= 11 is 1.70. The fourth-order valence-electron chi connectivity index (χ4n) is 3.07. The van der Waals surface area contributed by atoms with Crippen LogP contribution in [0.5, 0.6) is 0 Å². The zero-order valence-electron chi connectivity index (χ0n) is 12.6. The Hall–Kier alpha value is -1.21. The van der Waals surface area contributed by atoms with Crippen molar-refractivity contribution in [2.75, 3.05) is 19.3 Å².